The molecule has 0 N–H and O–H groups in total. The highest BCUT2D eigenvalue weighted by molar-refractivity contribution is 9.09. The number of alkyl halides is 1. The van der Waals surface area contributed by atoms with Crippen molar-refractivity contribution < 1.29 is 0 Å². The minimum Gasteiger partial charge on any atom is -0.303 e. The van der Waals surface area contributed by atoms with Crippen molar-refractivity contribution in [1.29, 1.82) is 0 Å². The van der Waals surface area contributed by atoms with Crippen LogP contribution in [0.15, 0.2) is 30.3 Å². The standard InChI is InChI=1S/C16H25BrN2/c1-3-14(11-17)12-19-10-9-18(2)13-16(19)15-7-5-4-6-8-15/h4-8,14,16H,3,9-13H2,1-2H3. The molecule has 1 aliphatic heterocycles. The number of benzene rings is 1. The van der Waals surface area contributed by atoms with Gasteiger partial charge < -0.3 is 4.90 Å². The Kier molecular flexibility index (Phi) is 5.86. The summed E-state index contributed by atoms with van der Waals surface area (Å²) in [7, 11) is 2.23. The van der Waals surface area contributed by atoms with Crippen molar-refractivity contribution in [2.45, 2.75) is 19.4 Å². The lowest BCUT2D eigenvalue weighted by molar-refractivity contribution is 0.0775. The summed E-state index contributed by atoms with van der Waals surface area (Å²) in [5, 5.41) is 1.11. The lowest BCUT2D eigenvalue weighted by atomic mass is 10.00. The van der Waals surface area contributed by atoms with Gasteiger partial charge in [-0.3, -0.25) is 4.90 Å². The highest BCUT2D eigenvalue weighted by Crippen LogP contribution is 2.26. The van der Waals surface area contributed by atoms with Crippen molar-refractivity contribution >= 4 is 15.9 Å². The first-order valence-electron chi connectivity index (χ1n) is 7.28. The number of hydrogen-bond acceptors (Lipinski definition) is 2. The monoisotopic (exact) mass is 324 g/mol. The smallest absolute Gasteiger partial charge is 0.0475 e. The SMILES string of the molecule is CCC(CBr)CN1CCN(C)CC1c1ccccc1. The van der Waals surface area contributed by atoms with Gasteiger partial charge in [0.1, 0.15) is 0 Å². The Bertz CT molecular complexity index is 364. The molecule has 1 aromatic carbocycles. The van der Waals surface area contributed by atoms with Crippen LogP contribution in [0.1, 0.15) is 24.9 Å². The number of piperazine rings is 1. The molecule has 3 heteroatoms. The molecule has 2 atom stereocenters. The van der Waals surface area contributed by atoms with E-state index in [0.29, 0.717) is 6.04 Å². The molecule has 0 saturated carbocycles. The van der Waals surface area contributed by atoms with Crippen LogP contribution in [-0.4, -0.2) is 48.4 Å². The maximum atomic E-state index is 3.65. The molecule has 106 valence electrons. The molecule has 2 rings (SSSR count). The van der Waals surface area contributed by atoms with Crippen LogP contribution in [0.25, 0.3) is 0 Å². The van der Waals surface area contributed by atoms with Gasteiger partial charge in [0.2, 0.25) is 0 Å². The normalized spacial score (nSPS) is 23.4. The topological polar surface area (TPSA) is 6.48 Å². The van der Waals surface area contributed by atoms with E-state index in [9.17, 15) is 0 Å². The molecule has 0 spiro atoms. The van der Waals surface area contributed by atoms with E-state index in [1.807, 2.05) is 0 Å². The summed E-state index contributed by atoms with van der Waals surface area (Å²) in [4.78, 5) is 5.12. The third-order valence-electron chi connectivity index (χ3n) is 4.17. The first-order valence-corrected chi connectivity index (χ1v) is 8.40. The van der Waals surface area contributed by atoms with E-state index in [1.165, 1.54) is 31.6 Å². The van der Waals surface area contributed by atoms with Gasteiger partial charge in [-0.2, -0.15) is 0 Å². The molecule has 1 saturated heterocycles. The summed E-state index contributed by atoms with van der Waals surface area (Å²) in [5.41, 5.74) is 1.46. The minimum atomic E-state index is 0.549. The second kappa shape index (κ2) is 7.41. The molecular formula is C16H25BrN2. The van der Waals surface area contributed by atoms with E-state index in [4.69, 9.17) is 0 Å². The fourth-order valence-electron chi connectivity index (χ4n) is 2.79. The highest BCUT2D eigenvalue weighted by atomic mass is 79.9. The molecule has 0 amide bonds. The van der Waals surface area contributed by atoms with Crippen LogP contribution in [0.3, 0.4) is 0 Å². The van der Waals surface area contributed by atoms with Crippen molar-refractivity contribution in [2.24, 2.45) is 5.92 Å². The molecule has 2 unspecified atom stereocenters. The molecule has 1 heterocycles. The lowest BCUT2D eigenvalue weighted by Gasteiger charge is -2.41. The second-order valence-corrected chi connectivity index (χ2v) is 6.26. The van der Waals surface area contributed by atoms with Crippen LogP contribution in [-0.2, 0) is 0 Å². The van der Waals surface area contributed by atoms with Crippen LogP contribution < -0.4 is 0 Å². The molecule has 19 heavy (non-hydrogen) atoms. The molecular weight excluding hydrogens is 300 g/mol. The van der Waals surface area contributed by atoms with Crippen LogP contribution >= 0.6 is 15.9 Å². The largest absolute Gasteiger partial charge is 0.303 e. The third kappa shape index (κ3) is 4.04. The van der Waals surface area contributed by atoms with E-state index >= 15 is 0 Å². The maximum absolute atomic E-state index is 3.65. The Morgan fingerprint density at radius 2 is 2.00 bits per heavy atom. The van der Waals surface area contributed by atoms with Gasteiger partial charge in [-0.1, -0.05) is 59.6 Å². The zero-order chi connectivity index (χ0) is 13.7. The van der Waals surface area contributed by atoms with Crippen molar-refractivity contribution in [3.8, 4) is 0 Å². The van der Waals surface area contributed by atoms with Crippen LogP contribution in [0, 0.1) is 5.92 Å². The molecule has 1 aliphatic rings. The molecule has 1 aromatic rings. The van der Waals surface area contributed by atoms with E-state index in [2.05, 4.69) is 70.0 Å². The molecule has 0 radical (unpaired) electrons. The zero-order valence-corrected chi connectivity index (χ0v) is 13.6. The predicted molar refractivity (Wildman–Crippen MR) is 85.8 cm³/mol. The van der Waals surface area contributed by atoms with Gasteiger partial charge in [0.15, 0.2) is 0 Å². The summed E-state index contributed by atoms with van der Waals surface area (Å²) in [6.45, 7) is 7.00. The van der Waals surface area contributed by atoms with Gasteiger partial charge in [0.05, 0.1) is 0 Å². The van der Waals surface area contributed by atoms with Gasteiger partial charge in [-0.25, -0.2) is 0 Å². The summed E-state index contributed by atoms with van der Waals surface area (Å²) in [5.74, 6) is 0.759. The number of halogens is 1. The molecule has 1 fully saturated rings. The Hall–Kier alpha value is -0.380. The van der Waals surface area contributed by atoms with E-state index in [0.717, 1.165) is 17.8 Å². The molecule has 2 nitrogen and oxygen atoms in total. The molecule has 0 aliphatic carbocycles. The van der Waals surface area contributed by atoms with Gasteiger partial charge in [-0.15, -0.1) is 0 Å². The quantitative estimate of drug-likeness (QED) is 0.766. The fourth-order valence-corrected chi connectivity index (χ4v) is 3.45. The second-order valence-electron chi connectivity index (χ2n) is 5.61. The molecule has 0 bridgehead atoms. The zero-order valence-electron chi connectivity index (χ0n) is 12.1. The van der Waals surface area contributed by atoms with Crippen LogP contribution in [0.5, 0.6) is 0 Å². The van der Waals surface area contributed by atoms with Gasteiger partial charge in [0, 0.05) is 37.6 Å². The van der Waals surface area contributed by atoms with Gasteiger partial charge in [0.25, 0.3) is 0 Å². The number of likely N-dealkylation sites (N-methyl/N-ethyl adjacent to an activating group) is 1. The van der Waals surface area contributed by atoms with Crippen LogP contribution in [0.4, 0.5) is 0 Å². The van der Waals surface area contributed by atoms with E-state index in [1.54, 1.807) is 0 Å². The molecule has 0 aromatic heterocycles. The Morgan fingerprint density at radius 3 is 2.63 bits per heavy atom. The number of hydrogen-bond donors (Lipinski definition) is 0. The Balaban J connectivity index is 2.11. The fraction of sp³-hybridized carbons (Fsp3) is 0.625. The Labute approximate surface area is 125 Å². The average molecular weight is 325 g/mol. The van der Waals surface area contributed by atoms with Gasteiger partial charge in [-0.05, 0) is 18.5 Å². The van der Waals surface area contributed by atoms with Gasteiger partial charge >= 0.3 is 0 Å². The first-order chi connectivity index (χ1) is 9.24. The third-order valence-corrected chi connectivity index (χ3v) is 5.08. The van der Waals surface area contributed by atoms with Crippen LogP contribution in [0.2, 0.25) is 0 Å². The summed E-state index contributed by atoms with van der Waals surface area (Å²) >= 11 is 3.65. The first kappa shape index (κ1) is 15.0. The lowest BCUT2D eigenvalue weighted by Crippen LogP contribution is -2.48. The minimum absolute atomic E-state index is 0.549. The average Bonchev–Trinajstić information content (AvgIpc) is 2.47. The predicted octanol–water partition coefficient (Wildman–Crippen LogP) is 3.40. The number of rotatable bonds is 5. The van der Waals surface area contributed by atoms with E-state index in [-0.39, 0.29) is 0 Å². The van der Waals surface area contributed by atoms with Crippen molar-refractivity contribution in [2.75, 3.05) is 38.6 Å². The Morgan fingerprint density at radius 1 is 1.26 bits per heavy atom. The summed E-state index contributed by atoms with van der Waals surface area (Å²) in [6.07, 6.45) is 1.25. The number of nitrogens with zero attached hydrogens (tertiary/aromatic N) is 2. The summed E-state index contributed by atoms with van der Waals surface area (Å²) < 4.78 is 0. The van der Waals surface area contributed by atoms with Crippen molar-refractivity contribution in [1.82, 2.24) is 9.80 Å². The maximum Gasteiger partial charge on any atom is 0.0475 e. The summed E-state index contributed by atoms with van der Waals surface area (Å²) in [6, 6.07) is 11.5. The highest BCUT2D eigenvalue weighted by Gasteiger charge is 2.27. The van der Waals surface area contributed by atoms with E-state index < -0.39 is 0 Å². The van der Waals surface area contributed by atoms with Crippen molar-refractivity contribution in [3.05, 3.63) is 35.9 Å². The van der Waals surface area contributed by atoms with Crippen molar-refractivity contribution in [3.63, 3.8) is 0 Å².